The van der Waals surface area contributed by atoms with Crippen LogP contribution in [0.2, 0.25) is 0 Å². The predicted molar refractivity (Wildman–Crippen MR) is 592 cm³/mol. The highest BCUT2D eigenvalue weighted by atomic mass is 32.2. The summed E-state index contributed by atoms with van der Waals surface area (Å²) in [4.78, 5) is 169. The monoisotopic (exact) mass is 2230 g/mol. The molecule has 31 nitrogen and oxygen atoms in total. The van der Waals surface area contributed by atoms with Gasteiger partial charge in [0.1, 0.15) is 108 Å². The van der Waals surface area contributed by atoms with Gasteiger partial charge in [0.2, 0.25) is 0 Å². The summed E-state index contributed by atoms with van der Waals surface area (Å²) < 4.78 is 82.8. The van der Waals surface area contributed by atoms with Gasteiger partial charge in [0.15, 0.2) is 23.1 Å². The minimum atomic E-state index is -1.34. The molecule has 0 radical (unpaired) electrons. The highest BCUT2D eigenvalue weighted by Gasteiger charge is 2.43. The fourth-order valence-corrected chi connectivity index (χ4v) is 15.9. The molecular weight excluding hydrogens is 2080 g/mol. The first kappa shape index (κ1) is 136. The van der Waals surface area contributed by atoms with Gasteiger partial charge in [-0.1, -0.05) is 90.1 Å². The molecule has 0 amide bonds. The molecule has 146 heavy (non-hydrogen) atoms. The van der Waals surface area contributed by atoms with Crippen LogP contribution in [0.25, 0.3) is 0 Å². The van der Waals surface area contributed by atoms with Crippen LogP contribution in [0.3, 0.4) is 0 Å². The van der Waals surface area contributed by atoms with Gasteiger partial charge in [0.25, 0.3) is 0 Å². The molecule has 5 aromatic carbocycles. The standard InChI is InChI=1S/C34H58O13S6.C23H32O4.C17H28O8S4.C17H20O2.C14H14O4/c1-48-13-7-27(35)42-21-33(22-43-28(36)8-14-49-2,23-44-29(37)9-15-50-3)19-41-20-34(24-45-30(38)10-16-51-4,25-46-31(39)11-17-52-5)26-47-32(40)12-18-53-6;1-5-19(24)15-26-21-11-7-17(8-12-21)23(3,4)18-9-13-22(14-10-18)27-16-20(25)6-2;1-26-5-13(18)22-9-17(10-23-14(19)6-27-2,11-24-15(20)7-28-3)12-25-16(21)8-29-4;1-17(2,13-5-9-15(18-3)10-6-13)14-7-11-16(19-4)12-8-14;1-7(15)11-5-13(9(3)17)14(10(4)18)6-12(11)8(2)16/h7-26H2,1-6H3;7-14,19-20,24-25H,5-6,15-16H2,1-4H3;5-12H2,1-4H3;5-12H,1-4H3;5-6H,1-4H3. The van der Waals surface area contributed by atoms with E-state index in [1.165, 1.54) is 180 Å². The van der Waals surface area contributed by atoms with Crippen LogP contribution in [0.1, 0.15) is 184 Å². The summed E-state index contributed by atoms with van der Waals surface area (Å²) in [5, 5.41) is 19.2. The number of carbonyl (C=O) groups is 14. The summed E-state index contributed by atoms with van der Waals surface area (Å²) in [6.45, 7) is 15.3. The Labute approximate surface area is 905 Å². The third-order valence-electron chi connectivity index (χ3n) is 21.6. The van der Waals surface area contributed by atoms with E-state index in [4.69, 9.17) is 71.1 Å². The summed E-state index contributed by atoms with van der Waals surface area (Å²) in [6.07, 6.45) is 19.5. The van der Waals surface area contributed by atoms with E-state index in [1.54, 1.807) is 39.2 Å². The average molecular weight is 2230 g/mol. The molecule has 41 heteroatoms. The SMILES string of the molecule is CC(=O)c1cc(C(C)=O)c(C(C)=O)cc1C(C)=O.CCC(O)COc1ccc(C(C)(C)c2ccc(OCC(O)CC)cc2)cc1.COc1ccc(C(C)(C)c2ccc(OC)cc2)cc1.CSCC(=O)OCC(COC(=O)CSC)(COC(=O)CSC)COC(=O)CSC.CSCCC(=O)OCC(COCC(COC(=O)CCSC)(COC(=O)CCSC)COC(=O)CCSC)(COC(=O)CCSC)COC(=O)CCSC. The molecule has 0 saturated carbocycles. The van der Waals surface area contributed by atoms with Crippen LogP contribution in [0.4, 0.5) is 0 Å². The van der Waals surface area contributed by atoms with Crippen LogP contribution < -0.4 is 18.9 Å². The molecule has 2 unspecified atom stereocenters. The molecule has 0 aliphatic rings. The number of ketones is 4. The topological polar surface area (TPSA) is 418 Å². The number of Topliss-reactive ketones (excluding diaryl/α,β-unsaturated/α-hetero) is 4. The van der Waals surface area contributed by atoms with Crippen molar-refractivity contribution >= 4 is 200 Å². The number of methoxy groups -OCH3 is 2. The van der Waals surface area contributed by atoms with E-state index in [1.807, 2.05) is 99.9 Å². The van der Waals surface area contributed by atoms with E-state index in [-0.39, 0.29) is 197 Å². The molecule has 5 aromatic rings. The van der Waals surface area contributed by atoms with Crippen LogP contribution in [-0.4, -0.2) is 332 Å². The third-order valence-corrected chi connectivity index (χ3v) is 27.4. The van der Waals surface area contributed by atoms with Gasteiger partial charge in [-0.15, -0.1) is 0 Å². The minimum Gasteiger partial charge on any atom is -0.497 e. The molecule has 0 spiro atoms. The molecule has 0 aliphatic heterocycles. The summed E-state index contributed by atoms with van der Waals surface area (Å²) in [5.41, 5.74) is 1.52. The molecule has 2 atom stereocenters. The Morgan fingerprint density at radius 1 is 0.267 bits per heavy atom. The van der Waals surface area contributed by atoms with Crippen molar-refractivity contribution in [2.24, 2.45) is 16.2 Å². The quantitative estimate of drug-likeness (QED) is 0.0207. The largest absolute Gasteiger partial charge is 0.497 e. The third kappa shape index (κ3) is 56.2. The molecule has 0 aliphatic carbocycles. The summed E-state index contributed by atoms with van der Waals surface area (Å²) in [6, 6.07) is 35.2. The number of carbonyl (C=O) groups excluding carboxylic acids is 14. The molecule has 0 heterocycles. The second kappa shape index (κ2) is 77.4. The van der Waals surface area contributed by atoms with Gasteiger partial charge in [-0.05, 0) is 186 Å². The zero-order chi connectivity index (χ0) is 110. The number of hydrogen-bond acceptors (Lipinski definition) is 41. The van der Waals surface area contributed by atoms with E-state index in [9.17, 15) is 77.3 Å². The summed E-state index contributed by atoms with van der Waals surface area (Å²) in [7, 11) is 3.37. The highest BCUT2D eigenvalue weighted by Crippen LogP contribution is 2.37. The van der Waals surface area contributed by atoms with Crippen molar-refractivity contribution in [2.75, 3.05) is 227 Å². The van der Waals surface area contributed by atoms with Gasteiger partial charge in [0.05, 0.1) is 112 Å². The number of rotatable bonds is 68. The summed E-state index contributed by atoms with van der Waals surface area (Å²) in [5.74, 6) is 0.948. The van der Waals surface area contributed by atoms with E-state index in [0.717, 1.165) is 23.0 Å². The molecule has 2 N–H and O–H groups in total. The smallest absolute Gasteiger partial charge is 0.315 e. The lowest BCUT2D eigenvalue weighted by molar-refractivity contribution is -0.176. The van der Waals surface area contributed by atoms with Crippen molar-refractivity contribution in [3.8, 4) is 23.0 Å². The Morgan fingerprint density at radius 2 is 0.445 bits per heavy atom. The van der Waals surface area contributed by atoms with Gasteiger partial charge >= 0.3 is 59.7 Å². The lowest BCUT2D eigenvalue weighted by Crippen LogP contribution is -2.47. The van der Waals surface area contributed by atoms with Gasteiger partial charge in [-0.2, -0.15) is 118 Å². The van der Waals surface area contributed by atoms with Crippen LogP contribution >= 0.6 is 118 Å². The maximum Gasteiger partial charge on any atom is 0.315 e. The number of ether oxygens (including phenoxy) is 15. The fourth-order valence-electron chi connectivity index (χ4n) is 12.4. The van der Waals surface area contributed by atoms with Crippen molar-refractivity contribution in [1.29, 1.82) is 0 Å². The van der Waals surface area contributed by atoms with E-state index >= 15 is 0 Å². The molecule has 818 valence electrons. The van der Waals surface area contributed by atoms with Gasteiger partial charge in [-0.3, -0.25) is 67.1 Å². The lowest BCUT2D eigenvalue weighted by Gasteiger charge is -2.35. The molecule has 0 bridgehead atoms. The number of aliphatic hydroxyl groups is 2. The number of aliphatic hydroxyl groups excluding tert-OH is 2. The van der Waals surface area contributed by atoms with Crippen molar-refractivity contribution in [1.82, 2.24) is 0 Å². The lowest BCUT2D eigenvalue weighted by atomic mass is 9.78. The molecule has 5 rings (SSSR count). The summed E-state index contributed by atoms with van der Waals surface area (Å²) >= 11 is 14.0. The van der Waals surface area contributed by atoms with Crippen molar-refractivity contribution in [3.05, 3.63) is 154 Å². The van der Waals surface area contributed by atoms with E-state index < -0.39 is 88.1 Å². The highest BCUT2D eigenvalue weighted by molar-refractivity contribution is 8.00. The van der Waals surface area contributed by atoms with Crippen LogP contribution in [-0.2, 0) is 111 Å². The first-order chi connectivity index (χ1) is 69.4. The van der Waals surface area contributed by atoms with Crippen molar-refractivity contribution in [2.45, 2.75) is 144 Å². The maximum absolute atomic E-state index is 12.7. The van der Waals surface area contributed by atoms with Gasteiger partial charge < -0.3 is 81.3 Å². The zero-order valence-electron chi connectivity index (χ0n) is 88.5. The Morgan fingerprint density at radius 3 is 0.610 bits per heavy atom. The van der Waals surface area contributed by atoms with Crippen LogP contribution in [0, 0.1) is 16.2 Å². The fraction of sp³-hybridized carbons (Fsp3) is 0.581. The molecular formula is C105H152O31S10. The minimum absolute atomic E-state index is 0.0431. The number of hydrogen-bond donors (Lipinski definition) is 2. The average Bonchev–Trinajstić information content (AvgIpc) is 0.755. The Balaban J connectivity index is 0.000000972. The Kier molecular flexibility index (Phi) is 72.1. The van der Waals surface area contributed by atoms with Gasteiger partial charge in [-0.25, -0.2) is 0 Å². The maximum atomic E-state index is 12.7. The number of thioether (sulfide) groups is 10. The Bertz CT molecular complexity index is 4210. The molecule has 0 aromatic heterocycles. The van der Waals surface area contributed by atoms with Crippen molar-refractivity contribution in [3.63, 3.8) is 0 Å². The van der Waals surface area contributed by atoms with Crippen molar-refractivity contribution < 1.29 is 148 Å². The normalized spacial score (nSPS) is 11.6. The number of benzene rings is 5. The second-order valence-electron chi connectivity index (χ2n) is 34.5. The first-order valence-corrected chi connectivity index (χ1v) is 60.8. The van der Waals surface area contributed by atoms with Crippen LogP contribution in [0.5, 0.6) is 23.0 Å². The van der Waals surface area contributed by atoms with Gasteiger partial charge in [0, 0.05) is 67.6 Å². The van der Waals surface area contributed by atoms with E-state index in [2.05, 4.69) is 76.2 Å². The Hall–Kier alpha value is -7.94. The predicted octanol–water partition coefficient (Wildman–Crippen LogP) is 17.2. The van der Waals surface area contributed by atoms with E-state index in [0.29, 0.717) is 60.6 Å². The number of esters is 10. The molecule has 0 fully saturated rings. The first-order valence-electron chi connectivity index (χ1n) is 46.8. The zero-order valence-corrected chi connectivity index (χ0v) is 96.7. The second-order valence-corrected chi connectivity index (χ2v) is 43.8. The van der Waals surface area contributed by atoms with Crippen LogP contribution in [0.15, 0.2) is 109 Å². The molecule has 0 saturated heterocycles.